The second-order valence-electron chi connectivity index (χ2n) is 5.85. The molecule has 0 unspecified atom stereocenters. The van der Waals surface area contributed by atoms with Crippen LogP contribution >= 0.6 is 0 Å². The van der Waals surface area contributed by atoms with E-state index in [2.05, 4.69) is 0 Å². The summed E-state index contributed by atoms with van der Waals surface area (Å²) in [7, 11) is -4.10. The maximum absolute atomic E-state index is 12.2. The number of carbonyl (C=O) groups excluding carboxylic acids is 1. The van der Waals surface area contributed by atoms with E-state index in [1.165, 1.54) is 60.7 Å². The highest BCUT2D eigenvalue weighted by Gasteiger charge is 2.17. The van der Waals surface area contributed by atoms with E-state index >= 15 is 0 Å². The van der Waals surface area contributed by atoms with E-state index in [-0.39, 0.29) is 27.9 Å². The van der Waals surface area contributed by atoms with Gasteiger partial charge in [0, 0.05) is 11.6 Å². The van der Waals surface area contributed by atoms with Crippen LogP contribution in [0.2, 0.25) is 0 Å². The fraction of sp³-hybridized carbons (Fsp3) is 0. The number of ketones is 1. The molecule has 0 atom stereocenters. The highest BCUT2D eigenvalue weighted by molar-refractivity contribution is 7.87. The molecule has 0 amide bonds. The Kier molecular flexibility index (Phi) is 5.47. The Morgan fingerprint density at radius 3 is 2.18 bits per heavy atom. The minimum absolute atomic E-state index is 0.0439. The lowest BCUT2D eigenvalue weighted by atomic mass is 10.1. The van der Waals surface area contributed by atoms with Crippen LogP contribution in [0.25, 0.3) is 6.08 Å². The lowest BCUT2D eigenvalue weighted by Crippen LogP contribution is -2.09. The van der Waals surface area contributed by atoms with Gasteiger partial charge < -0.3 is 14.4 Å². The zero-order chi connectivity index (χ0) is 20.1. The van der Waals surface area contributed by atoms with Gasteiger partial charge in [-0.3, -0.25) is 4.79 Å². The van der Waals surface area contributed by atoms with Crippen LogP contribution in [0.15, 0.2) is 83.8 Å². The van der Waals surface area contributed by atoms with Crippen molar-refractivity contribution in [2.45, 2.75) is 4.90 Å². The van der Waals surface area contributed by atoms with Crippen LogP contribution in [0.4, 0.5) is 0 Å². The van der Waals surface area contributed by atoms with E-state index in [4.69, 9.17) is 4.18 Å². The maximum Gasteiger partial charge on any atom is 0.339 e. The fourth-order valence-corrected chi connectivity index (χ4v) is 3.31. The zero-order valence-corrected chi connectivity index (χ0v) is 15.3. The van der Waals surface area contributed by atoms with E-state index in [9.17, 15) is 23.4 Å². The summed E-state index contributed by atoms with van der Waals surface area (Å²) in [6.45, 7) is 0. The van der Waals surface area contributed by atoms with E-state index in [0.29, 0.717) is 5.56 Å². The molecule has 0 aliphatic heterocycles. The van der Waals surface area contributed by atoms with E-state index < -0.39 is 10.1 Å². The molecule has 0 spiro atoms. The first-order valence-electron chi connectivity index (χ1n) is 8.18. The summed E-state index contributed by atoms with van der Waals surface area (Å²) < 4.78 is 29.5. The van der Waals surface area contributed by atoms with Gasteiger partial charge in [0.15, 0.2) is 5.78 Å². The van der Waals surface area contributed by atoms with Crippen molar-refractivity contribution >= 4 is 22.0 Å². The van der Waals surface area contributed by atoms with Crippen molar-refractivity contribution in [2.24, 2.45) is 0 Å². The quantitative estimate of drug-likeness (QED) is 0.374. The van der Waals surface area contributed by atoms with Gasteiger partial charge in [-0.05, 0) is 60.2 Å². The van der Waals surface area contributed by atoms with Crippen LogP contribution < -0.4 is 4.18 Å². The van der Waals surface area contributed by atoms with E-state index in [0.717, 1.165) is 11.6 Å². The molecule has 0 saturated carbocycles. The van der Waals surface area contributed by atoms with Crippen LogP contribution in [0.3, 0.4) is 0 Å². The average Bonchev–Trinajstić information content (AvgIpc) is 2.67. The van der Waals surface area contributed by atoms with Gasteiger partial charge in [0.25, 0.3) is 0 Å². The first-order chi connectivity index (χ1) is 13.3. The van der Waals surface area contributed by atoms with Gasteiger partial charge in [0.2, 0.25) is 0 Å². The highest BCUT2D eigenvalue weighted by atomic mass is 32.2. The second kappa shape index (κ2) is 7.98. The molecule has 142 valence electrons. The van der Waals surface area contributed by atoms with Crippen molar-refractivity contribution in [1.29, 1.82) is 0 Å². The highest BCUT2D eigenvalue weighted by Crippen LogP contribution is 2.22. The Bertz CT molecular complexity index is 1110. The summed E-state index contributed by atoms with van der Waals surface area (Å²) in [4.78, 5) is 12.0. The minimum Gasteiger partial charge on any atom is -0.508 e. The standard InChI is InChI=1S/C21H16O6S/c22-17-9-4-15(5-10-17)6-13-21(24)16-7-11-19(12-8-16)27-28(25,26)20-3-1-2-18(23)14-20/h1-14,22-23H. The number of benzene rings is 3. The number of hydrogen-bond donors (Lipinski definition) is 2. The molecule has 0 fully saturated rings. The zero-order valence-electron chi connectivity index (χ0n) is 14.5. The van der Waals surface area contributed by atoms with Gasteiger partial charge in [0.05, 0.1) is 0 Å². The van der Waals surface area contributed by atoms with Gasteiger partial charge in [0.1, 0.15) is 22.1 Å². The number of carbonyl (C=O) groups is 1. The van der Waals surface area contributed by atoms with Gasteiger partial charge in [-0.15, -0.1) is 0 Å². The molecule has 0 aliphatic rings. The van der Waals surface area contributed by atoms with Gasteiger partial charge >= 0.3 is 10.1 Å². The molecule has 0 aromatic heterocycles. The number of allylic oxidation sites excluding steroid dienone is 1. The minimum atomic E-state index is -4.10. The molecule has 6 nitrogen and oxygen atoms in total. The molecule has 3 rings (SSSR count). The molecule has 2 N–H and O–H groups in total. The first kappa shape index (κ1) is 19.2. The molecule has 3 aromatic carbocycles. The lowest BCUT2D eigenvalue weighted by molar-refractivity contribution is 0.104. The monoisotopic (exact) mass is 396 g/mol. The van der Waals surface area contributed by atoms with Crippen LogP contribution in [0.5, 0.6) is 17.2 Å². The third-order valence-corrected chi connectivity index (χ3v) is 5.01. The molecule has 0 saturated heterocycles. The molecule has 0 bridgehead atoms. The third kappa shape index (κ3) is 4.77. The molecule has 28 heavy (non-hydrogen) atoms. The van der Waals surface area contributed by atoms with Crippen molar-refractivity contribution in [3.8, 4) is 17.2 Å². The van der Waals surface area contributed by atoms with Crippen molar-refractivity contribution in [3.63, 3.8) is 0 Å². The Balaban J connectivity index is 1.70. The smallest absolute Gasteiger partial charge is 0.339 e. The summed E-state index contributed by atoms with van der Waals surface area (Å²) in [6.07, 6.45) is 2.99. The number of phenols is 2. The first-order valence-corrected chi connectivity index (χ1v) is 9.59. The Morgan fingerprint density at radius 1 is 0.857 bits per heavy atom. The fourth-order valence-electron chi connectivity index (χ4n) is 2.34. The molecule has 0 radical (unpaired) electrons. The topological polar surface area (TPSA) is 101 Å². The van der Waals surface area contributed by atoms with E-state index in [1.807, 2.05) is 0 Å². The van der Waals surface area contributed by atoms with Gasteiger partial charge in [-0.2, -0.15) is 8.42 Å². The second-order valence-corrected chi connectivity index (χ2v) is 7.39. The lowest BCUT2D eigenvalue weighted by Gasteiger charge is -2.07. The number of phenolic OH excluding ortho intramolecular Hbond substituents is 2. The molecule has 0 aliphatic carbocycles. The van der Waals surface area contributed by atoms with Crippen molar-refractivity contribution in [2.75, 3.05) is 0 Å². The Hall–Kier alpha value is -3.58. The summed E-state index contributed by atoms with van der Waals surface area (Å²) >= 11 is 0. The SMILES string of the molecule is O=C(C=Cc1ccc(O)cc1)c1ccc(OS(=O)(=O)c2cccc(O)c2)cc1. The summed E-state index contributed by atoms with van der Waals surface area (Å²) in [6, 6.07) is 17.2. The number of aromatic hydroxyl groups is 2. The molecule has 3 aromatic rings. The van der Waals surface area contributed by atoms with Crippen molar-refractivity contribution in [1.82, 2.24) is 0 Å². The van der Waals surface area contributed by atoms with Crippen LogP contribution in [-0.4, -0.2) is 24.4 Å². The normalized spacial score (nSPS) is 11.4. The van der Waals surface area contributed by atoms with Crippen molar-refractivity contribution < 1.29 is 27.6 Å². The molecule has 0 heterocycles. The summed E-state index contributed by atoms with van der Waals surface area (Å²) in [5.74, 6) is -0.274. The average molecular weight is 396 g/mol. The summed E-state index contributed by atoms with van der Waals surface area (Å²) in [5.41, 5.74) is 1.11. The third-order valence-electron chi connectivity index (χ3n) is 3.77. The van der Waals surface area contributed by atoms with Crippen molar-refractivity contribution in [3.05, 3.63) is 90.0 Å². The number of hydrogen-bond acceptors (Lipinski definition) is 6. The Morgan fingerprint density at radius 2 is 1.54 bits per heavy atom. The molecular formula is C21H16O6S. The maximum atomic E-state index is 12.2. The van der Waals surface area contributed by atoms with Gasteiger partial charge in [-0.25, -0.2) is 0 Å². The predicted molar refractivity (Wildman–Crippen MR) is 104 cm³/mol. The summed E-state index contributed by atoms with van der Waals surface area (Å²) in [5, 5.41) is 18.7. The predicted octanol–water partition coefficient (Wildman–Crippen LogP) is 3.76. The van der Waals surface area contributed by atoms with Gasteiger partial charge in [-0.1, -0.05) is 24.3 Å². The van der Waals surface area contributed by atoms with Crippen LogP contribution in [0.1, 0.15) is 15.9 Å². The van der Waals surface area contributed by atoms with Crippen LogP contribution in [-0.2, 0) is 10.1 Å². The molecule has 7 heteroatoms. The van der Waals surface area contributed by atoms with E-state index in [1.54, 1.807) is 18.2 Å². The van der Waals surface area contributed by atoms with Crippen LogP contribution in [0, 0.1) is 0 Å². The number of rotatable bonds is 6. The largest absolute Gasteiger partial charge is 0.508 e. The Labute approximate surface area is 162 Å². The molecular weight excluding hydrogens is 380 g/mol.